The van der Waals surface area contributed by atoms with Gasteiger partial charge in [0, 0.05) is 18.2 Å². The van der Waals surface area contributed by atoms with E-state index >= 15 is 0 Å². The summed E-state index contributed by atoms with van der Waals surface area (Å²) in [7, 11) is 3.20. The normalized spacial score (nSPS) is 10.3. The van der Waals surface area contributed by atoms with E-state index < -0.39 is 0 Å². The van der Waals surface area contributed by atoms with Gasteiger partial charge in [-0.2, -0.15) is 0 Å². The Morgan fingerprint density at radius 3 is 2.47 bits per heavy atom. The first-order valence-electron chi connectivity index (χ1n) is 5.52. The van der Waals surface area contributed by atoms with Crippen molar-refractivity contribution in [1.29, 1.82) is 0 Å². The molecule has 0 atom stereocenters. The number of ether oxygens (including phenoxy) is 2. The minimum Gasteiger partial charge on any atom is -0.493 e. The number of halogens is 2. The quantitative estimate of drug-likeness (QED) is 0.641. The molecular weight excluding hydrogens is 287 g/mol. The fraction of sp³-hybridized carbons (Fsp3) is 0.231. The van der Waals surface area contributed by atoms with Crippen LogP contribution in [0.15, 0.2) is 24.4 Å². The van der Waals surface area contributed by atoms with Gasteiger partial charge in [-0.1, -0.05) is 17.7 Å². The lowest BCUT2D eigenvalue weighted by Crippen LogP contribution is -1.96. The predicted octanol–water partition coefficient (Wildman–Crippen LogP) is 3.39. The van der Waals surface area contributed by atoms with E-state index in [1.165, 1.54) is 0 Å². The molecule has 100 valence electrons. The lowest BCUT2D eigenvalue weighted by atomic mass is 10.1. The Morgan fingerprint density at radius 2 is 1.84 bits per heavy atom. The van der Waals surface area contributed by atoms with E-state index in [-0.39, 0.29) is 5.28 Å². The van der Waals surface area contributed by atoms with E-state index in [0.717, 1.165) is 11.1 Å². The van der Waals surface area contributed by atoms with Gasteiger partial charge in [0.25, 0.3) is 0 Å². The molecule has 0 amide bonds. The van der Waals surface area contributed by atoms with Crippen molar-refractivity contribution in [2.24, 2.45) is 0 Å². The second-order valence-electron chi connectivity index (χ2n) is 3.82. The maximum atomic E-state index is 6.02. The smallest absolute Gasteiger partial charge is 0.223 e. The Labute approximate surface area is 121 Å². The van der Waals surface area contributed by atoms with Gasteiger partial charge in [-0.25, -0.2) is 9.97 Å². The molecule has 1 aromatic carbocycles. The summed E-state index contributed by atoms with van der Waals surface area (Å²) in [6.45, 7) is 0. The van der Waals surface area contributed by atoms with Gasteiger partial charge in [0.1, 0.15) is 5.15 Å². The fourth-order valence-electron chi connectivity index (χ4n) is 1.70. The van der Waals surface area contributed by atoms with Crippen molar-refractivity contribution < 1.29 is 9.47 Å². The molecule has 0 aliphatic rings. The number of hydrogen-bond donors (Lipinski definition) is 0. The first kappa shape index (κ1) is 13.9. The minimum absolute atomic E-state index is 0.140. The second kappa shape index (κ2) is 6.08. The van der Waals surface area contributed by atoms with Gasteiger partial charge >= 0.3 is 0 Å². The number of hydrogen-bond acceptors (Lipinski definition) is 4. The van der Waals surface area contributed by atoms with Gasteiger partial charge in [0.05, 0.1) is 14.2 Å². The van der Waals surface area contributed by atoms with Gasteiger partial charge < -0.3 is 9.47 Å². The van der Waals surface area contributed by atoms with Crippen molar-refractivity contribution >= 4 is 23.2 Å². The van der Waals surface area contributed by atoms with Crippen LogP contribution in [0.25, 0.3) is 0 Å². The Hall–Kier alpha value is -1.52. The molecule has 0 radical (unpaired) electrons. The highest BCUT2D eigenvalue weighted by atomic mass is 35.5. The maximum absolute atomic E-state index is 6.02. The third-order valence-corrected chi connectivity index (χ3v) is 3.13. The number of nitrogens with zero attached hydrogens (tertiary/aromatic N) is 2. The molecule has 0 N–H and O–H groups in total. The van der Waals surface area contributed by atoms with Crippen LogP contribution in [0.1, 0.15) is 11.1 Å². The molecule has 0 fully saturated rings. The number of aromatic nitrogens is 2. The predicted molar refractivity (Wildman–Crippen MR) is 74.4 cm³/mol. The molecular formula is C13H12Cl2N2O2. The van der Waals surface area contributed by atoms with Gasteiger partial charge in [-0.3, -0.25) is 0 Å². The molecule has 1 aromatic heterocycles. The zero-order valence-electron chi connectivity index (χ0n) is 10.5. The lowest BCUT2D eigenvalue weighted by Gasteiger charge is -2.10. The largest absolute Gasteiger partial charge is 0.493 e. The van der Waals surface area contributed by atoms with E-state index in [2.05, 4.69) is 9.97 Å². The fourth-order valence-corrected chi connectivity index (χ4v) is 2.07. The molecule has 0 saturated carbocycles. The molecule has 2 aromatic rings. The number of benzene rings is 1. The number of rotatable bonds is 4. The van der Waals surface area contributed by atoms with Crippen molar-refractivity contribution in [1.82, 2.24) is 9.97 Å². The van der Waals surface area contributed by atoms with Crippen molar-refractivity contribution in [3.05, 3.63) is 46.0 Å². The van der Waals surface area contributed by atoms with Crippen LogP contribution in [-0.4, -0.2) is 24.2 Å². The van der Waals surface area contributed by atoms with Gasteiger partial charge in [0.15, 0.2) is 11.5 Å². The molecule has 6 heteroatoms. The van der Waals surface area contributed by atoms with Gasteiger partial charge in [-0.15, -0.1) is 0 Å². The topological polar surface area (TPSA) is 44.2 Å². The van der Waals surface area contributed by atoms with Crippen molar-refractivity contribution in [2.45, 2.75) is 6.42 Å². The van der Waals surface area contributed by atoms with Crippen LogP contribution in [0, 0.1) is 0 Å². The summed E-state index contributed by atoms with van der Waals surface area (Å²) in [6.07, 6.45) is 2.21. The molecule has 4 nitrogen and oxygen atoms in total. The maximum Gasteiger partial charge on any atom is 0.223 e. The summed E-state index contributed by atoms with van der Waals surface area (Å²) in [4.78, 5) is 7.84. The van der Waals surface area contributed by atoms with Crippen LogP contribution >= 0.6 is 23.2 Å². The lowest BCUT2D eigenvalue weighted by molar-refractivity contribution is 0.354. The highest BCUT2D eigenvalue weighted by Gasteiger charge is 2.08. The van der Waals surface area contributed by atoms with Gasteiger partial charge in [-0.05, 0) is 29.3 Å². The molecule has 0 spiro atoms. The molecule has 1 heterocycles. The monoisotopic (exact) mass is 298 g/mol. The van der Waals surface area contributed by atoms with E-state index in [1.54, 1.807) is 20.4 Å². The summed E-state index contributed by atoms with van der Waals surface area (Å²) in [5.41, 5.74) is 1.82. The Morgan fingerprint density at radius 1 is 1.11 bits per heavy atom. The second-order valence-corrected chi connectivity index (χ2v) is 4.52. The summed E-state index contributed by atoms with van der Waals surface area (Å²) >= 11 is 11.7. The average molecular weight is 299 g/mol. The van der Waals surface area contributed by atoms with Crippen LogP contribution < -0.4 is 9.47 Å². The standard InChI is InChI=1S/C13H12Cl2N2O2/c1-18-10-4-3-8(6-11(10)19-2)5-9-7-16-13(15)17-12(9)14/h3-4,6-7H,5H2,1-2H3. The highest BCUT2D eigenvalue weighted by Crippen LogP contribution is 2.29. The average Bonchev–Trinajstić information content (AvgIpc) is 2.41. The summed E-state index contributed by atoms with van der Waals surface area (Å²) in [6, 6.07) is 5.68. The third kappa shape index (κ3) is 3.28. The molecule has 0 bridgehead atoms. The first-order chi connectivity index (χ1) is 9.13. The van der Waals surface area contributed by atoms with Crippen molar-refractivity contribution in [3.8, 4) is 11.5 Å². The van der Waals surface area contributed by atoms with Crippen LogP contribution in [0.4, 0.5) is 0 Å². The van der Waals surface area contributed by atoms with E-state index in [1.807, 2.05) is 18.2 Å². The number of methoxy groups -OCH3 is 2. The molecule has 0 aliphatic carbocycles. The van der Waals surface area contributed by atoms with Crippen LogP contribution in [0.2, 0.25) is 10.4 Å². The zero-order chi connectivity index (χ0) is 13.8. The van der Waals surface area contributed by atoms with Crippen molar-refractivity contribution in [2.75, 3.05) is 14.2 Å². The zero-order valence-corrected chi connectivity index (χ0v) is 12.0. The van der Waals surface area contributed by atoms with Crippen LogP contribution in [-0.2, 0) is 6.42 Å². The first-order valence-corrected chi connectivity index (χ1v) is 6.27. The Bertz CT molecular complexity index is 591. The van der Waals surface area contributed by atoms with E-state index in [0.29, 0.717) is 23.1 Å². The summed E-state index contributed by atoms with van der Waals surface area (Å²) in [5, 5.41) is 0.496. The third-order valence-electron chi connectivity index (χ3n) is 2.62. The summed E-state index contributed by atoms with van der Waals surface area (Å²) < 4.78 is 10.4. The van der Waals surface area contributed by atoms with Crippen molar-refractivity contribution in [3.63, 3.8) is 0 Å². The highest BCUT2D eigenvalue weighted by molar-refractivity contribution is 6.32. The SMILES string of the molecule is COc1ccc(Cc2cnc(Cl)nc2Cl)cc1OC. The van der Waals surface area contributed by atoms with E-state index in [4.69, 9.17) is 32.7 Å². The molecule has 0 saturated heterocycles. The molecule has 0 aliphatic heterocycles. The molecule has 19 heavy (non-hydrogen) atoms. The van der Waals surface area contributed by atoms with E-state index in [9.17, 15) is 0 Å². The Kier molecular flexibility index (Phi) is 4.45. The molecule has 0 unspecified atom stereocenters. The minimum atomic E-state index is 0.140. The summed E-state index contributed by atoms with van der Waals surface area (Å²) in [5.74, 6) is 1.36. The molecule has 2 rings (SSSR count). The van der Waals surface area contributed by atoms with Gasteiger partial charge in [0.2, 0.25) is 5.28 Å². The Balaban J connectivity index is 2.28. The van der Waals surface area contributed by atoms with Crippen LogP contribution in [0.5, 0.6) is 11.5 Å². The van der Waals surface area contributed by atoms with Crippen LogP contribution in [0.3, 0.4) is 0 Å².